The number of ether oxygens (including phenoxy) is 1. The summed E-state index contributed by atoms with van der Waals surface area (Å²) in [6.07, 6.45) is 16.2. The number of benzene rings is 2. The average Bonchev–Trinajstić information content (AvgIpc) is 3.78. The molecule has 1 atom stereocenters. The zero-order valence-electron chi connectivity index (χ0n) is 30.8. The molecule has 9 rings (SSSR count). The quantitative estimate of drug-likeness (QED) is 0.143. The van der Waals surface area contributed by atoms with E-state index in [-0.39, 0.29) is 24.1 Å². The summed E-state index contributed by atoms with van der Waals surface area (Å²) in [5.41, 5.74) is 3.55. The highest BCUT2D eigenvalue weighted by atomic mass is 19.1. The molecule has 14 heteroatoms. The van der Waals surface area contributed by atoms with Gasteiger partial charge >= 0.3 is 0 Å². The molecule has 3 aromatic heterocycles. The van der Waals surface area contributed by atoms with Crippen LogP contribution in [0.4, 0.5) is 15.8 Å². The number of nitrogens with zero attached hydrogens (tertiary/aromatic N) is 6. The number of halogens is 1. The number of piperidine rings is 2. The van der Waals surface area contributed by atoms with E-state index >= 15 is 4.39 Å². The van der Waals surface area contributed by atoms with Crippen molar-refractivity contribution >= 4 is 45.6 Å². The summed E-state index contributed by atoms with van der Waals surface area (Å²) in [6, 6.07) is 11.6. The van der Waals surface area contributed by atoms with Gasteiger partial charge in [0.15, 0.2) is 5.65 Å². The van der Waals surface area contributed by atoms with E-state index in [1.54, 1.807) is 35.1 Å². The third kappa shape index (κ3) is 7.64. The molecule has 5 heterocycles. The van der Waals surface area contributed by atoms with Crippen LogP contribution in [0.5, 0.6) is 5.75 Å². The molecule has 286 valence electrons. The van der Waals surface area contributed by atoms with Crippen LogP contribution >= 0.6 is 0 Å². The highest BCUT2D eigenvalue weighted by Gasteiger charge is 2.31. The molecule has 3 N–H and O–H groups in total. The highest BCUT2D eigenvalue weighted by molar-refractivity contribution is 6.09. The van der Waals surface area contributed by atoms with Crippen LogP contribution in [0.15, 0.2) is 61.2 Å². The molecule has 13 nitrogen and oxygen atoms in total. The van der Waals surface area contributed by atoms with Crippen molar-refractivity contribution in [1.82, 2.24) is 35.0 Å². The molecular formula is C41H46FN9O4. The van der Waals surface area contributed by atoms with Gasteiger partial charge in [0.05, 0.1) is 36.0 Å². The predicted molar refractivity (Wildman–Crippen MR) is 205 cm³/mol. The predicted octanol–water partition coefficient (Wildman–Crippen LogP) is 5.77. The first-order chi connectivity index (χ1) is 26.8. The number of amides is 3. The molecule has 3 amide bonds. The number of anilines is 2. The summed E-state index contributed by atoms with van der Waals surface area (Å²) < 4.78 is 25.1. The Kier molecular flexibility index (Phi) is 9.67. The monoisotopic (exact) mass is 747 g/mol. The third-order valence-corrected chi connectivity index (χ3v) is 11.9. The Morgan fingerprint density at radius 1 is 0.982 bits per heavy atom. The zero-order chi connectivity index (χ0) is 37.5. The fourth-order valence-corrected chi connectivity index (χ4v) is 8.40. The lowest BCUT2D eigenvalue weighted by molar-refractivity contribution is -0.134. The number of carbonyl (C=O) groups is 3. The van der Waals surface area contributed by atoms with Crippen molar-refractivity contribution in [3.63, 3.8) is 0 Å². The number of nitrogens with one attached hydrogen (secondary N) is 3. The molecule has 0 spiro atoms. The van der Waals surface area contributed by atoms with Crippen LogP contribution < -0.4 is 25.6 Å². The minimum absolute atomic E-state index is 0.231. The first-order valence-electron chi connectivity index (χ1n) is 19.7. The van der Waals surface area contributed by atoms with Crippen LogP contribution in [0, 0.1) is 17.7 Å². The minimum Gasteiger partial charge on any atom is -0.491 e. The fourth-order valence-electron chi connectivity index (χ4n) is 8.40. The second-order valence-electron chi connectivity index (χ2n) is 15.7. The maximum Gasteiger partial charge on any atom is 0.261 e. The Bertz CT molecular complexity index is 2230. The summed E-state index contributed by atoms with van der Waals surface area (Å²) in [5, 5.41) is 19.5. The number of fused-ring (bicyclic) bond motifs is 2. The van der Waals surface area contributed by atoms with Crippen LogP contribution in [0.25, 0.3) is 16.6 Å². The Hall–Kier alpha value is -5.37. The van der Waals surface area contributed by atoms with E-state index in [0.717, 1.165) is 87.6 Å². The molecule has 2 aliphatic heterocycles. The van der Waals surface area contributed by atoms with E-state index in [2.05, 4.69) is 41.8 Å². The van der Waals surface area contributed by atoms with Crippen LogP contribution in [-0.2, 0) is 9.59 Å². The van der Waals surface area contributed by atoms with E-state index in [9.17, 15) is 14.4 Å². The lowest BCUT2D eigenvalue weighted by Crippen LogP contribution is -2.41. The molecule has 0 radical (unpaired) electrons. The summed E-state index contributed by atoms with van der Waals surface area (Å²) >= 11 is 0. The van der Waals surface area contributed by atoms with E-state index in [1.165, 1.54) is 6.20 Å². The van der Waals surface area contributed by atoms with Crippen LogP contribution in [0.2, 0.25) is 0 Å². The third-order valence-electron chi connectivity index (χ3n) is 11.9. The Balaban J connectivity index is 0.777. The van der Waals surface area contributed by atoms with Gasteiger partial charge in [-0.2, -0.15) is 10.2 Å². The SMILES string of the molecule is O=C1CCC(c2ccc(N3CCC(CNC4CCC(n5cc6cc(NC(=O)c7cnn8cccnc78)c(OCC7CC7)cc6n5)CC4)CC3)cc2F)C(=O)N1. The lowest BCUT2D eigenvalue weighted by Gasteiger charge is -2.35. The maximum atomic E-state index is 15.1. The molecule has 2 saturated heterocycles. The van der Waals surface area contributed by atoms with Crippen molar-refractivity contribution in [2.45, 2.75) is 82.2 Å². The highest BCUT2D eigenvalue weighted by Crippen LogP contribution is 2.37. The number of imide groups is 1. The fraction of sp³-hybridized carbons (Fsp3) is 0.463. The second-order valence-corrected chi connectivity index (χ2v) is 15.7. The number of hydrogen-bond donors (Lipinski definition) is 3. The van der Waals surface area contributed by atoms with Gasteiger partial charge in [-0.3, -0.25) is 24.4 Å². The molecular weight excluding hydrogens is 702 g/mol. The minimum atomic E-state index is -0.620. The zero-order valence-corrected chi connectivity index (χ0v) is 30.8. The van der Waals surface area contributed by atoms with E-state index in [0.29, 0.717) is 65.2 Å². The molecule has 2 saturated carbocycles. The summed E-state index contributed by atoms with van der Waals surface area (Å²) in [4.78, 5) is 43.8. The van der Waals surface area contributed by atoms with Gasteiger partial charge in [-0.25, -0.2) is 13.9 Å². The van der Waals surface area contributed by atoms with Crippen molar-refractivity contribution < 1.29 is 23.5 Å². The van der Waals surface area contributed by atoms with Gasteiger partial charge in [0.2, 0.25) is 11.8 Å². The van der Waals surface area contributed by atoms with Gasteiger partial charge in [0, 0.05) is 66.8 Å². The van der Waals surface area contributed by atoms with E-state index in [4.69, 9.17) is 9.84 Å². The lowest BCUT2D eigenvalue weighted by atomic mass is 9.89. The topological polar surface area (TPSA) is 148 Å². The Morgan fingerprint density at radius 2 is 1.82 bits per heavy atom. The molecule has 4 aliphatic rings. The molecule has 4 fully saturated rings. The Morgan fingerprint density at radius 3 is 2.60 bits per heavy atom. The second kappa shape index (κ2) is 15.0. The van der Waals surface area contributed by atoms with Crippen molar-refractivity contribution in [3.05, 3.63) is 78.1 Å². The maximum absolute atomic E-state index is 15.1. The van der Waals surface area contributed by atoms with Gasteiger partial charge in [0.1, 0.15) is 17.1 Å². The molecule has 2 aliphatic carbocycles. The largest absolute Gasteiger partial charge is 0.491 e. The van der Waals surface area contributed by atoms with Crippen LogP contribution in [0.3, 0.4) is 0 Å². The Labute approximate surface area is 318 Å². The van der Waals surface area contributed by atoms with Gasteiger partial charge in [0.25, 0.3) is 5.91 Å². The van der Waals surface area contributed by atoms with Gasteiger partial charge in [-0.1, -0.05) is 6.07 Å². The first kappa shape index (κ1) is 35.3. The molecule has 5 aromatic rings. The van der Waals surface area contributed by atoms with Crippen molar-refractivity contribution in [2.24, 2.45) is 11.8 Å². The number of rotatable bonds is 11. The van der Waals surface area contributed by atoms with Crippen molar-refractivity contribution in [1.29, 1.82) is 0 Å². The van der Waals surface area contributed by atoms with Gasteiger partial charge < -0.3 is 20.3 Å². The first-order valence-corrected chi connectivity index (χ1v) is 19.7. The van der Waals surface area contributed by atoms with Crippen molar-refractivity contribution in [3.8, 4) is 5.75 Å². The normalized spacial score (nSPS) is 22.3. The molecule has 55 heavy (non-hydrogen) atoms. The average molecular weight is 748 g/mol. The number of carbonyl (C=O) groups excluding carboxylic acids is 3. The molecule has 1 unspecified atom stereocenters. The van der Waals surface area contributed by atoms with E-state index in [1.807, 2.05) is 18.2 Å². The summed E-state index contributed by atoms with van der Waals surface area (Å²) in [5.74, 6) is -0.267. The smallest absolute Gasteiger partial charge is 0.261 e. The van der Waals surface area contributed by atoms with E-state index < -0.39 is 11.8 Å². The molecule has 2 aromatic carbocycles. The summed E-state index contributed by atoms with van der Waals surface area (Å²) in [7, 11) is 0. The number of aromatic nitrogens is 5. The standard InChI is InChI=1S/C41H46FN9O4/c42-34-19-30(8-9-31(34)32-10-11-38(52)47-40(32)53)49-16-12-25(13-17-49)21-44-28-4-6-29(7-5-28)51-23-27-18-36(37(20-35(27)48-51)55-24-26-2-3-26)46-41(54)33-22-45-50-15-1-14-43-39(33)50/h1,8-9,14-15,18-20,22-23,25-26,28-29,32,44H,2-7,10-13,16-17,21,24H2,(H,46,54)(H,47,52,53). The van der Waals surface area contributed by atoms with Crippen molar-refractivity contribution in [2.75, 3.05) is 36.5 Å². The van der Waals surface area contributed by atoms with Crippen LogP contribution in [-0.4, -0.2) is 74.4 Å². The van der Waals surface area contributed by atoms with Gasteiger partial charge in [-0.15, -0.1) is 0 Å². The number of hydrogen-bond acceptors (Lipinski definition) is 9. The van der Waals surface area contributed by atoms with Gasteiger partial charge in [-0.05, 0) is 100 Å². The van der Waals surface area contributed by atoms with Crippen LogP contribution in [0.1, 0.15) is 92.1 Å². The molecule has 0 bridgehead atoms. The summed E-state index contributed by atoms with van der Waals surface area (Å²) in [6.45, 7) is 3.31.